The van der Waals surface area contributed by atoms with Gasteiger partial charge in [0.05, 0.1) is 19.1 Å². The Morgan fingerprint density at radius 1 is 1.00 bits per heavy atom. The fourth-order valence-corrected chi connectivity index (χ4v) is 5.10. The molecule has 3 heterocycles. The molecule has 1 atom stereocenters. The van der Waals surface area contributed by atoms with E-state index in [1.54, 1.807) is 6.92 Å². The van der Waals surface area contributed by atoms with Crippen LogP contribution in [-0.4, -0.2) is 44.6 Å². The van der Waals surface area contributed by atoms with Crippen molar-refractivity contribution in [2.24, 2.45) is 0 Å². The highest BCUT2D eigenvalue weighted by molar-refractivity contribution is 5.96. The number of nitrogens with two attached hydrogens (primary N) is 1. The molecule has 0 saturated carbocycles. The first-order valence-corrected chi connectivity index (χ1v) is 12.4. The third-order valence-corrected chi connectivity index (χ3v) is 6.88. The number of nitrogens with one attached hydrogen (secondary N) is 1. The Balaban J connectivity index is 1.47. The van der Waals surface area contributed by atoms with Crippen LogP contribution in [0.5, 0.6) is 0 Å². The molecular formula is C28H30N6O3. The monoisotopic (exact) mass is 498 g/mol. The lowest BCUT2D eigenvalue weighted by atomic mass is 10.00. The number of rotatable bonds is 7. The Morgan fingerprint density at radius 3 is 2.41 bits per heavy atom. The molecule has 0 bridgehead atoms. The summed E-state index contributed by atoms with van der Waals surface area (Å²) >= 11 is 0. The highest BCUT2D eigenvalue weighted by Gasteiger charge is 2.32. The maximum absolute atomic E-state index is 13.7. The molecule has 190 valence electrons. The van der Waals surface area contributed by atoms with Gasteiger partial charge in [0.2, 0.25) is 5.91 Å². The van der Waals surface area contributed by atoms with Crippen LogP contribution < -0.4 is 21.9 Å². The van der Waals surface area contributed by atoms with Crippen LogP contribution in [0.1, 0.15) is 29.8 Å². The van der Waals surface area contributed by atoms with Crippen LogP contribution in [-0.2, 0) is 17.9 Å². The van der Waals surface area contributed by atoms with Gasteiger partial charge in [0.25, 0.3) is 5.56 Å². The van der Waals surface area contributed by atoms with Gasteiger partial charge >= 0.3 is 5.69 Å². The van der Waals surface area contributed by atoms with Crippen LogP contribution in [0.25, 0.3) is 0 Å². The van der Waals surface area contributed by atoms with Gasteiger partial charge in [-0.25, -0.2) is 4.79 Å². The van der Waals surface area contributed by atoms with Crippen LogP contribution in [0.2, 0.25) is 0 Å². The van der Waals surface area contributed by atoms with Gasteiger partial charge in [-0.3, -0.25) is 24.0 Å². The van der Waals surface area contributed by atoms with Crippen LogP contribution in [0.15, 0.2) is 88.6 Å². The molecule has 5 rings (SSSR count). The van der Waals surface area contributed by atoms with Gasteiger partial charge in [-0.15, -0.1) is 0 Å². The van der Waals surface area contributed by atoms with Crippen molar-refractivity contribution in [1.82, 2.24) is 19.0 Å². The maximum Gasteiger partial charge on any atom is 0.330 e. The predicted octanol–water partition coefficient (Wildman–Crippen LogP) is 2.43. The zero-order chi connectivity index (χ0) is 25.9. The van der Waals surface area contributed by atoms with E-state index in [0.717, 1.165) is 23.4 Å². The van der Waals surface area contributed by atoms with Crippen molar-refractivity contribution in [3.8, 4) is 0 Å². The Morgan fingerprint density at radius 2 is 1.70 bits per heavy atom. The molecule has 2 aromatic heterocycles. The lowest BCUT2D eigenvalue weighted by Gasteiger charge is -2.38. The molecule has 1 unspecified atom stereocenters. The lowest BCUT2D eigenvalue weighted by molar-refractivity contribution is -0.120. The average molecular weight is 499 g/mol. The van der Waals surface area contributed by atoms with E-state index in [2.05, 4.69) is 38.8 Å². The maximum atomic E-state index is 13.7. The largest absolute Gasteiger partial charge is 0.383 e. The van der Waals surface area contributed by atoms with Crippen molar-refractivity contribution in [2.75, 3.05) is 30.3 Å². The number of fused-ring (bicyclic) bond motifs is 1. The number of hydrogen-bond acceptors (Lipinski definition) is 5. The molecule has 3 N–H and O–H groups in total. The number of hydrogen-bond donors (Lipinski definition) is 2. The Bertz CT molecular complexity index is 1510. The van der Waals surface area contributed by atoms with Crippen LogP contribution in [0.4, 0.5) is 11.5 Å². The summed E-state index contributed by atoms with van der Waals surface area (Å²) in [6.45, 7) is 3.73. The van der Waals surface area contributed by atoms with Crippen LogP contribution >= 0.6 is 0 Å². The Hall–Kier alpha value is -4.37. The highest BCUT2D eigenvalue weighted by Crippen LogP contribution is 2.32. The number of amides is 1. The molecule has 37 heavy (non-hydrogen) atoms. The minimum absolute atomic E-state index is 0.000299. The Kier molecular flexibility index (Phi) is 6.78. The molecule has 0 aliphatic carbocycles. The first kappa shape index (κ1) is 24.3. The second-order valence-corrected chi connectivity index (χ2v) is 9.11. The van der Waals surface area contributed by atoms with Gasteiger partial charge in [0.1, 0.15) is 5.82 Å². The zero-order valence-corrected chi connectivity index (χ0v) is 20.7. The third kappa shape index (κ3) is 4.73. The molecule has 9 nitrogen and oxygen atoms in total. The van der Waals surface area contributed by atoms with Gasteiger partial charge in [-0.05, 0) is 30.2 Å². The number of H-pyrrole nitrogens is 1. The van der Waals surface area contributed by atoms with Gasteiger partial charge in [0.15, 0.2) is 5.69 Å². The van der Waals surface area contributed by atoms with E-state index in [9.17, 15) is 14.4 Å². The summed E-state index contributed by atoms with van der Waals surface area (Å²) in [6, 6.07) is 23.4. The van der Waals surface area contributed by atoms with E-state index in [1.807, 2.05) is 54.6 Å². The minimum Gasteiger partial charge on any atom is -0.383 e. The first-order valence-electron chi connectivity index (χ1n) is 12.4. The number of aromatic amines is 1. The summed E-state index contributed by atoms with van der Waals surface area (Å²) < 4.78 is 3.50. The van der Waals surface area contributed by atoms with Crippen LogP contribution in [0.3, 0.4) is 0 Å². The number of carbonyl (C=O) groups excluding carboxylic acids is 1. The summed E-state index contributed by atoms with van der Waals surface area (Å²) in [5, 5.41) is 0. The first-order chi connectivity index (χ1) is 18.0. The fraction of sp³-hybridized carbons (Fsp3) is 0.250. The molecule has 0 fully saturated rings. The number of likely N-dealkylation sites (N-methyl/N-ethyl adjacent to an activating group) is 1. The molecule has 4 aromatic rings. The van der Waals surface area contributed by atoms with E-state index >= 15 is 0 Å². The molecule has 2 aromatic carbocycles. The highest BCUT2D eigenvalue weighted by atomic mass is 16.2. The number of aromatic nitrogens is 3. The second-order valence-electron chi connectivity index (χ2n) is 9.11. The quantitative estimate of drug-likeness (QED) is 0.407. The molecule has 0 radical (unpaired) electrons. The van der Waals surface area contributed by atoms with E-state index in [-0.39, 0.29) is 43.1 Å². The van der Waals surface area contributed by atoms with Gasteiger partial charge < -0.3 is 15.2 Å². The molecule has 0 saturated heterocycles. The van der Waals surface area contributed by atoms with Crippen LogP contribution in [0, 0.1) is 0 Å². The minimum atomic E-state index is -0.672. The smallest absolute Gasteiger partial charge is 0.330 e. The molecule has 0 spiro atoms. The van der Waals surface area contributed by atoms with E-state index < -0.39 is 11.2 Å². The fourth-order valence-electron chi connectivity index (χ4n) is 5.10. The van der Waals surface area contributed by atoms with E-state index in [0.29, 0.717) is 6.54 Å². The average Bonchev–Trinajstić information content (AvgIpc) is 3.39. The Labute approximate surface area is 214 Å². The topological polar surface area (TPSA) is 109 Å². The van der Waals surface area contributed by atoms with Crippen molar-refractivity contribution in [2.45, 2.75) is 26.1 Å². The lowest BCUT2D eigenvalue weighted by Crippen LogP contribution is -2.48. The van der Waals surface area contributed by atoms with E-state index in [1.165, 1.54) is 9.47 Å². The number of nitrogen functional groups attached to an aromatic ring is 1. The van der Waals surface area contributed by atoms with Crippen molar-refractivity contribution < 1.29 is 4.79 Å². The molecule has 1 aliphatic heterocycles. The number of carbonyl (C=O) groups is 1. The van der Waals surface area contributed by atoms with Crippen molar-refractivity contribution in [3.05, 3.63) is 117 Å². The van der Waals surface area contributed by atoms with Crippen molar-refractivity contribution in [3.63, 3.8) is 0 Å². The summed E-state index contributed by atoms with van der Waals surface area (Å²) in [5.41, 5.74) is 8.15. The third-order valence-electron chi connectivity index (χ3n) is 6.88. The second kappa shape index (κ2) is 10.3. The van der Waals surface area contributed by atoms with E-state index in [4.69, 9.17) is 5.73 Å². The normalized spacial score (nSPS) is 15.3. The molecule has 1 amide bonds. The predicted molar refractivity (Wildman–Crippen MR) is 144 cm³/mol. The standard InChI is InChI=1S/C28H30N6O3/c1-2-33(25-26(29)34(28(37)30-27(25)36)18-20-10-5-3-6-11-20)23(35)19-32-17-16-31-15-9-14-22(31)24(32)21-12-7-4-8-13-21/h3-15,24H,2,16-19,29H2,1H3,(H,30,36,37). The van der Waals surface area contributed by atoms with Gasteiger partial charge in [0, 0.05) is 31.5 Å². The van der Waals surface area contributed by atoms with Crippen molar-refractivity contribution in [1.29, 1.82) is 0 Å². The molecule has 1 aliphatic rings. The number of benzene rings is 2. The van der Waals surface area contributed by atoms with Crippen molar-refractivity contribution >= 4 is 17.4 Å². The number of nitrogens with zero attached hydrogens (tertiary/aromatic N) is 4. The summed E-state index contributed by atoms with van der Waals surface area (Å²) in [6.07, 6.45) is 2.05. The zero-order valence-electron chi connectivity index (χ0n) is 20.7. The summed E-state index contributed by atoms with van der Waals surface area (Å²) in [4.78, 5) is 45.1. The van der Waals surface area contributed by atoms with Gasteiger partial charge in [-0.1, -0.05) is 60.7 Å². The van der Waals surface area contributed by atoms with Gasteiger partial charge in [-0.2, -0.15) is 0 Å². The molecular weight excluding hydrogens is 468 g/mol. The SMILES string of the molecule is CCN(C(=O)CN1CCn2cccc2C1c1ccccc1)c1c(N)n(Cc2ccccc2)c(=O)[nH]c1=O. The molecule has 9 heteroatoms. The number of anilines is 2. The summed E-state index contributed by atoms with van der Waals surface area (Å²) in [7, 11) is 0. The summed E-state index contributed by atoms with van der Waals surface area (Å²) in [5.74, 6) is -0.287.